The van der Waals surface area contributed by atoms with Crippen LogP contribution >= 0.6 is 15.9 Å². The van der Waals surface area contributed by atoms with Crippen LogP contribution in [0.3, 0.4) is 0 Å². The standard InChI is InChI=1S/C19H18BrN5/c1-13(2)25-18-8-16(20)3-4-17(18)23-19(25)15-7-14(9-22-10-15)11-24-6-5-21-12-24/h3-10,12-13H,11H2,1-2H3. The monoisotopic (exact) mass is 395 g/mol. The summed E-state index contributed by atoms with van der Waals surface area (Å²) in [6, 6.07) is 8.64. The van der Waals surface area contributed by atoms with Crippen molar-refractivity contribution in [3.05, 3.63) is 65.4 Å². The van der Waals surface area contributed by atoms with E-state index in [9.17, 15) is 0 Å². The quantitative estimate of drug-likeness (QED) is 0.503. The van der Waals surface area contributed by atoms with Gasteiger partial charge < -0.3 is 9.13 Å². The molecule has 126 valence electrons. The highest BCUT2D eigenvalue weighted by Gasteiger charge is 2.16. The Labute approximate surface area is 154 Å². The highest BCUT2D eigenvalue weighted by Crippen LogP contribution is 2.30. The molecule has 3 heterocycles. The van der Waals surface area contributed by atoms with E-state index < -0.39 is 0 Å². The number of nitrogens with zero attached hydrogens (tertiary/aromatic N) is 5. The van der Waals surface area contributed by atoms with Crippen molar-refractivity contribution in [3.8, 4) is 11.4 Å². The van der Waals surface area contributed by atoms with Crippen molar-refractivity contribution >= 4 is 27.0 Å². The maximum atomic E-state index is 4.87. The van der Waals surface area contributed by atoms with E-state index in [0.717, 1.165) is 39.0 Å². The van der Waals surface area contributed by atoms with Crippen LogP contribution < -0.4 is 0 Å². The maximum Gasteiger partial charge on any atom is 0.142 e. The number of fused-ring (bicyclic) bond motifs is 1. The first-order valence-corrected chi connectivity index (χ1v) is 8.98. The van der Waals surface area contributed by atoms with Crippen LogP contribution in [-0.2, 0) is 6.54 Å². The third-order valence-electron chi connectivity index (χ3n) is 4.15. The molecule has 0 saturated carbocycles. The Morgan fingerprint density at radius 2 is 2.00 bits per heavy atom. The molecule has 0 bridgehead atoms. The fraction of sp³-hybridized carbons (Fsp3) is 0.211. The van der Waals surface area contributed by atoms with E-state index in [1.54, 1.807) is 6.20 Å². The molecule has 4 rings (SSSR count). The highest BCUT2D eigenvalue weighted by atomic mass is 79.9. The van der Waals surface area contributed by atoms with E-state index in [1.165, 1.54) is 0 Å². The summed E-state index contributed by atoms with van der Waals surface area (Å²) in [5.74, 6) is 0.947. The molecule has 1 aromatic carbocycles. The minimum Gasteiger partial charge on any atom is -0.333 e. The molecule has 3 aromatic heterocycles. The second-order valence-corrected chi connectivity index (χ2v) is 7.26. The molecule has 0 aliphatic heterocycles. The summed E-state index contributed by atoms with van der Waals surface area (Å²) in [7, 11) is 0. The Morgan fingerprint density at radius 3 is 2.76 bits per heavy atom. The molecule has 5 nitrogen and oxygen atoms in total. The number of halogens is 1. The summed E-state index contributed by atoms with van der Waals surface area (Å²) in [6.45, 7) is 5.09. The highest BCUT2D eigenvalue weighted by molar-refractivity contribution is 9.10. The molecular weight excluding hydrogens is 378 g/mol. The van der Waals surface area contributed by atoms with Gasteiger partial charge in [-0.1, -0.05) is 15.9 Å². The first-order chi connectivity index (χ1) is 12.1. The zero-order valence-corrected chi connectivity index (χ0v) is 15.7. The van der Waals surface area contributed by atoms with Crippen molar-refractivity contribution in [1.82, 2.24) is 24.1 Å². The second kappa shape index (κ2) is 6.44. The molecule has 0 unspecified atom stereocenters. The molecule has 0 spiro atoms. The van der Waals surface area contributed by atoms with Crippen molar-refractivity contribution in [2.24, 2.45) is 0 Å². The van der Waals surface area contributed by atoms with Gasteiger partial charge in [0.25, 0.3) is 0 Å². The third-order valence-corrected chi connectivity index (χ3v) is 4.64. The molecule has 4 aromatic rings. The zero-order chi connectivity index (χ0) is 17.4. The number of hydrogen-bond donors (Lipinski definition) is 0. The summed E-state index contributed by atoms with van der Waals surface area (Å²) in [6.07, 6.45) is 9.32. The summed E-state index contributed by atoms with van der Waals surface area (Å²) >= 11 is 3.56. The molecule has 0 saturated heterocycles. The van der Waals surface area contributed by atoms with E-state index in [0.29, 0.717) is 6.04 Å². The number of aromatic nitrogens is 5. The average Bonchev–Trinajstić information content (AvgIpc) is 3.22. The Balaban J connectivity index is 1.82. The molecule has 0 aliphatic rings. The first kappa shape index (κ1) is 16.0. The van der Waals surface area contributed by atoms with Gasteiger partial charge in [-0.2, -0.15) is 0 Å². The predicted octanol–water partition coefficient (Wildman–Crippen LogP) is 4.69. The van der Waals surface area contributed by atoms with Crippen molar-refractivity contribution < 1.29 is 0 Å². The van der Waals surface area contributed by atoms with Gasteiger partial charge >= 0.3 is 0 Å². The van der Waals surface area contributed by atoms with Crippen LogP contribution in [0.15, 0.2) is 59.9 Å². The summed E-state index contributed by atoms with van der Waals surface area (Å²) in [5.41, 5.74) is 4.27. The lowest BCUT2D eigenvalue weighted by atomic mass is 10.2. The molecule has 0 atom stereocenters. The molecule has 0 N–H and O–H groups in total. The summed E-state index contributed by atoms with van der Waals surface area (Å²) in [5, 5.41) is 0. The average molecular weight is 396 g/mol. The molecular formula is C19H18BrN5. The fourth-order valence-electron chi connectivity index (χ4n) is 3.08. The van der Waals surface area contributed by atoms with Gasteiger partial charge in [-0.05, 0) is 43.7 Å². The van der Waals surface area contributed by atoms with Crippen molar-refractivity contribution in [2.45, 2.75) is 26.4 Å². The van der Waals surface area contributed by atoms with Gasteiger partial charge in [0.05, 0.1) is 23.9 Å². The van der Waals surface area contributed by atoms with Crippen LogP contribution in [-0.4, -0.2) is 24.1 Å². The molecule has 25 heavy (non-hydrogen) atoms. The van der Waals surface area contributed by atoms with Crippen LogP contribution in [0.5, 0.6) is 0 Å². The van der Waals surface area contributed by atoms with Crippen LogP contribution in [0.25, 0.3) is 22.4 Å². The lowest BCUT2D eigenvalue weighted by molar-refractivity contribution is 0.624. The predicted molar refractivity (Wildman–Crippen MR) is 102 cm³/mol. The maximum absolute atomic E-state index is 4.87. The Hall–Kier alpha value is -2.47. The van der Waals surface area contributed by atoms with E-state index in [-0.39, 0.29) is 0 Å². The second-order valence-electron chi connectivity index (χ2n) is 6.35. The largest absolute Gasteiger partial charge is 0.333 e. The van der Waals surface area contributed by atoms with Gasteiger partial charge in [0.2, 0.25) is 0 Å². The van der Waals surface area contributed by atoms with E-state index in [2.05, 4.69) is 56.4 Å². The summed E-state index contributed by atoms with van der Waals surface area (Å²) < 4.78 is 5.35. The Bertz CT molecular complexity index is 1020. The molecule has 0 radical (unpaired) electrons. The van der Waals surface area contributed by atoms with Crippen LogP contribution in [0.1, 0.15) is 25.5 Å². The molecule has 0 fully saturated rings. The number of benzene rings is 1. The lowest BCUT2D eigenvalue weighted by Gasteiger charge is -2.13. The number of hydrogen-bond acceptors (Lipinski definition) is 3. The van der Waals surface area contributed by atoms with Gasteiger partial charge in [0.1, 0.15) is 5.82 Å². The molecule has 6 heteroatoms. The van der Waals surface area contributed by atoms with Crippen molar-refractivity contribution in [2.75, 3.05) is 0 Å². The van der Waals surface area contributed by atoms with E-state index in [4.69, 9.17) is 4.98 Å². The smallest absolute Gasteiger partial charge is 0.142 e. The third kappa shape index (κ3) is 3.09. The van der Waals surface area contributed by atoms with E-state index in [1.807, 2.05) is 41.6 Å². The van der Waals surface area contributed by atoms with Gasteiger partial charge in [0, 0.05) is 40.9 Å². The Morgan fingerprint density at radius 1 is 1.12 bits per heavy atom. The number of imidazole rings is 2. The SMILES string of the molecule is CC(C)n1c(-c2cncc(Cn3ccnc3)c2)nc2ccc(Br)cc21. The van der Waals surface area contributed by atoms with E-state index >= 15 is 0 Å². The van der Waals surface area contributed by atoms with Gasteiger partial charge in [-0.25, -0.2) is 9.97 Å². The minimum atomic E-state index is 0.298. The topological polar surface area (TPSA) is 48.5 Å². The van der Waals surface area contributed by atoms with Crippen LogP contribution in [0.2, 0.25) is 0 Å². The fourth-order valence-corrected chi connectivity index (χ4v) is 3.43. The van der Waals surface area contributed by atoms with Crippen molar-refractivity contribution in [1.29, 1.82) is 0 Å². The normalized spacial score (nSPS) is 11.5. The molecule has 0 amide bonds. The number of rotatable bonds is 4. The minimum absolute atomic E-state index is 0.298. The number of pyridine rings is 1. The van der Waals surface area contributed by atoms with Gasteiger partial charge in [-0.3, -0.25) is 4.98 Å². The van der Waals surface area contributed by atoms with Crippen LogP contribution in [0, 0.1) is 0 Å². The Kier molecular flexibility index (Phi) is 4.13. The lowest BCUT2D eigenvalue weighted by Crippen LogP contribution is -2.04. The molecule has 0 aliphatic carbocycles. The van der Waals surface area contributed by atoms with Crippen LogP contribution in [0.4, 0.5) is 0 Å². The van der Waals surface area contributed by atoms with Crippen molar-refractivity contribution in [3.63, 3.8) is 0 Å². The first-order valence-electron chi connectivity index (χ1n) is 8.19. The zero-order valence-electron chi connectivity index (χ0n) is 14.1. The van der Waals surface area contributed by atoms with Gasteiger partial charge in [-0.15, -0.1) is 0 Å². The summed E-state index contributed by atoms with van der Waals surface area (Å²) in [4.78, 5) is 13.4. The van der Waals surface area contributed by atoms with Gasteiger partial charge in [0.15, 0.2) is 0 Å².